The van der Waals surface area contributed by atoms with Crippen molar-refractivity contribution < 1.29 is 40.2 Å². The summed E-state index contributed by atoms with van der Waals surface area (Å²) in [6, 6.07) is 56.5. The van der Waals surface area contributed by atoms with E-state index in [1.54, 1.807) is 127 Å². The maximum atomic E-state index is 12.7. The van der Waals surface area contributed by atoms with Crippen LogP contribution in [0.5, 0.6) is 34.5 Å². The number of amides is 2. The molecule has 0 saturated heterocycles. The molecule has 0 bridgehead atoms. The van der Waals surface area contributed by atoms with Gasteiger partial charge in [0.2, 0.25) is 0 Å². The summed E-state index contributed by atoms with van der Waals surface area (Å²) >= 11 is 5.86. The van der Waals surface area contributed by atoms with Crippen LogP contribution in [0.3, 0.4) is 0 Å². The van der Waals surface area contributed by atoms with Crippen molar-refractivity contribution in [2.24, 2.45) is 30.7 Å². The van der Waals surface area contributed by atoms with Crippen molar-refractivity contribution in [1.82, 2.24) is 0 Å². The average molecular weight is 1090 g/mol. The molecule has 400 valence electrons. The maximum absolute atomic E-state index is 12.7. The molecule has 10 rings (SSSR count). The summed E-state index contributed by atoms with van der Waals surface area (Å²) in [6.07, 6.45) is 0. The molecule has 0 radical (unpaired) electrons. The van der Waals surface area contributed by atoms with Crippen LogP contribution in [0, 0.1) is 6.92 Å². The van der Waals surface area contributed by atoms with Gasteiger partial charge in [-0.3, -0.25) is 9.59 Å². The number of nitrogens with zero attached hydrogens (tertiary/aromatic N) is 6. The summed E-state index contributed by atoms with van der Waals surface area (Å²) in [5, 5.41) is 94.0. The van der Waals surface area contributed by atoms with Gasteiger partial charge in [0.1, 0.15) is 62.9 Å². The summed E-state index contributed by atoms with van der Waals surface area (Å²) in [7, 11) is 0. The number of phenolic OH excluding ortho intramolecular Hbond substituents is 6. The van der Waals surface area contributed by atoms with Crippen LogP contribution in [0.1, 0.15) is 52.6 Å². The number of hydrogen-bond donors (Lipinski definition) is 8. The molecule has 0 saturated carbocycles. The standard InChI is InChI=1S/C27H19N3O3.C19H14ClN3O3.C17H20N2O2/c31-23-15-13-17-7-4-5-10-19(17)25(23)29-30-26-21-11-6-12-22(20(21)14-16-24(26)32)28-27(33)18-8-2-1-3-9-18;20-13-9-10-17(24)16(11-13)23-22-15-8-4-7-14(18(15)25)21-19(26)12-5-2-1-3-6-12;1-11-5-7-15(20)13(9-11)18-19-14-10-12(17(2,3)4)6-8-16(14)21/h1-16,31-32H,(H,28,33);1-11,24-25H,(H,21,26);5-10,20-21H,1-4H3. The predicted molar refractivity (Wildman–Crippen MR) is 313 cm³/mol. The third kappa shape index (κ3) is 13.9. The van der Waals surface area contributed by atoms with E-state index in [-0.39, 0.29) is 74.5 Å². The molecule has 0 aromatic heterocycles. The number of phenols is 6. The molecule has 0 aliphatic rings. The number of carbonyl (C=O) groups is 2. The number of para-hydroxylation sites is 1. The van der Waals surface area contributed by atoms with E-state index < -0.39 is 0 Å². The molecule has 10 aromatic carbocycles. The molecule has 0 aliphatic heterocycles. The number of hydrogen-bond acceptors (Lipinski definition) is 14. The molecule has 0 fully saturated rings. The Labute approximate surface area is 465 Å². The second-order valence-corrected chi connectivity index (χ2v) is 19.4. The largest absolute Gasteiger partial charge is 0.506 e. The number of halogens is 1. The fourth-order valence-electron chi connectivity index (χ4n) is 7.85. The number of carbonyl (C=O) groups excluding carboxylic acids is 2. The summed E-state index contributed by atoms with van der Waals surface area (Å²) < 4.78 is 0. The van der Waals surface area contributed by atoms with E-state index in [4.69, 9.17) is 11.6 Å². The SMILES string of the molecule is Cc1ccc(O)c(N=Nc2cc(C(C)(C)C)ccc2O)c1.O=C(Nc1cccc(N=Nc2cc(Cl)ccc2O)c1O)c1ccccc1.O=C(Nc1cccc2c(N=Nc3c(O)ccc4ccccc34)c(O)ccc12)c1ccccc1. The topological polar surface area (TPSA) is 254 Å². The average Bonchev–Trinajstić information content (AvgIpc) is 3.45. The molecule has 10 aromatic rings. The second-order valence-electron chi connectivity index (χ2n) is 19.0. The first kappa shape index (κ1) is 55.8. The lowest BCUT2D eigenvalue weighted by molar-refractivity contribution is 0.101. The van der Waals surface area contributed by atoms with Gasteiger partial charge in [0, 0.05) is 38.0 Å². The molecule has 2 amide bonds. The van der Waals surface area contributed by atoms with Crippen LogP contribution in [-0.4, -0.2) is 42.5 Å². The molecule has 8 N–H and O–H groups in total. The Morgan fingerprint density at radius 3 is 1.52 bits per heavy atom. The first-order chi connectivity index (χ1) is 38.4. The molecular weight excluding hydrogens is 1030 g/mol. The first-order valence-electron chi connectivity index (χ1n) is 24.8. The lowest BCUT2D eigenvalue weighted by Crippen LogP contribution is -2.11. The zero-order chi connectivity index (χ0) is 56.9. The van der Waals surface area contributed by atoms with Crippen LogP contribution in [0.4, 0.5) is 45.5 Å². The van der Waals surface area contributed by atoms with Gasteiger partial charge in [-0.1, -0.05) is 129 Å². The van der Waals surface area contributed by atoms with Crippen LogP contribution in [-0.2, 0) is 5.41 Å². The minimum atomic E-state index is -0.359. The van der Waals surface area contributed by atoms with Crippen molar-refractivity contribution in [2.45, 2.75) is 33.1 Å². The normalized spacial score (nSPS) is 11.3. The molecule has 0 unspecified atom stereocenters. The van der Waals surface area contributed by atoms with Gasteiger partial charge in [-0.25, -0.2) is 0 Å². The van der Waals surface area contributed by atoms with Crippen LogP contribution < -0.4 is 10.6 Å². The number of benzene rings is 10. The van der Waals surface area contributed by atoms with Crippen molar-refractivity contribution in [1.29, 1.82) is 0 Å². The van der Waals surface area contributed by atoms with Crippen molar-refractivity contribution in [2.75, 3.05) is 10.6 Å². The van der Waals surface area contributed by atoms with Gasteiger partial charge in [0.15, 0.2) is 5.75 Å². The van der Waals surface area contributed by atoms with Crippen molar-refractivity contribution in [3.05, 3.63) is 227 Å². The lowest BCUT2D eigenvalue weighted by Gasteiger charge is -2.19. The fourth-order valence-corrected chi connectivity index (χ4v) is 8.02. The Bertz CT molecular complexity index is 3980. The number of rotatable bonds is 10. The van der Waals surface area contributed by atoms with E-state index in [2.05, 4.69) is 62.1 Å². The summed E-state index contributed by atoms with van der Waals surface area (Å²) in [5.41, 5.74) is 5.43. The van der Waals surface area contributed by atoms with Gasteiger partial charge in [0.25, 0.3) is 11.8 Å². The van der Waals surface area contributed by atoms with E-state index in [0.717, 1.165) is 21.9 Å². The van der Waals surface area contributed by atoms with Crippen molar-refractivity contribution >= 4 is 90.5 Å². The van der Waals surface area contributed by atoms with E-state index in [1.165, 1.54) is 30.3 Å². The monoisotopic (exact) mass is 1080 g/mol. The number of aromatic hydroxyl groups is 6. The molecule has 80 heavy (non-hydrogen) atoms. The number of aryl methyl sites for hydroxylation is 1. The summed E-state index contributed by atoms with van der Waals surface area (Å²) in [6.45, 7) is 8.18. The minimum Gasteiger partial charge on any atom is -0.506 e. The number of fused-ring (bicyclic) bond motifs is 2. The number of nitrogens with one attached hydrogen (secondary N) is 2. The number of anilines is 2. The van der Waals surface area contributed by atoms with Crippen LogP contribution in [0.2, 0.25) is 5.02 Å². The highest BCUT2D eigenvalue weighted by atomic mass is 35.5. The Morgan fingerprint density at radius 2 is 0.887 bits per heavy atom. The van der Waals surface area contributed by atoms with Crippen molar-refractivity contribution in [3.63, 3.8) is 0 Å². The van der Waals surface area contributed by atoms with E-state index in [1.807, 2.05) is 49.4 Å². The molecule has 16 nitrogen and oxygen atoms in total. The van der Waals surface area contributed by atoms with Gasteiger partial charge in [0.05, 0.1) is 5.69 Å². The van der Waals surface area contributed by atoms with Gasteiger partial charge in [-0.15, -0.1) is 30.7 Å². The first-order valence-corrected chi connectivity index (χ1v) is 25.2. The van der Waals surface area contributed by atoms with Gasteiger partial charge in [-0.05, 0) is 132 Å². The van der Waals surface area contributed by atoms with E-state index in [0.29, 0.717) is 49.7 Å². The minimum absolute atomic E-state index is 0.00649. The van der Waals surface area contributed by atoms with Gasteiger partial charge in [-0.2, -0.15) is 0 Å². The third-order valence-electron chi connectivity index (χ3n) is 12.2. The third-order valence-corrected chi connectivity index (χ3v) is 12.4. The maximum Gasteiger partial charge on any atom is 0.255 e. The second kappa shape index (κ2) is 25.1. The zero-order valence-electron chi connectivity index (χ0n) is 43.6. The molecule has 0 heterocycles. The Balaban J connectivity index is 0.000000162. The quantitative estimate of drug-likeness (QED) is 0.0482. The fraction of sp³-hybridized carbons (Fsp3) is 0.0794. The van der Waals surface area contributed by atoms with Gasteiger partial charge >= 0.3 is 0 Å². The molecular formula is C63H53ClN8O8. The lowest BCUT2D eigenvalue weighted by atomic mass is 9.87. The molecule has 17 heteroatoms. The van der Waals surface area contributed by atoms with Crippen LogP contribution >= 0.6 is 11.6 Å². The van der Waals surface area contributed by atoms with E-state index in [9.17, 15) is 40.2 Å². The molecule has 0 aliphatic carbocycles. The van der Waals surface area contributed by atoms with Crippen molar-refractivity contribution in [3.8, 4) is 34.5 Å². The zero-order valence-corrected chi connectivity index (χ0v) is 44.4. The summed E-state index contributed by atoms with van der Waals surface area (Å²) in [4.78, 5) is 24.9. The Morgan fingerprint density at radius 1 is 0.412 bits per heavy atom. The van der Waals surface area contributed by atoms with E-state index >= 15 is 0 Å². The van der Waals surface area contributed by atoms with Crippen LogP contribution in [0.15, 0.2) is 231 Å². The molecule has 0 atom stereocenters. The highest BCUT2D eigenvalue weighted by Crippen LogP contribution is 2.42. The van der Waals surface area contributed by atoms with Gasteiger partial charge < -0.3 is 41.3 Å². The highest BCUT2D eigenvalue weighted by Gasteiger charge is 2.17. The predicted octanol–water partition coefficient (Wildman–Crippen LogP) is 17.6. The van der Waals surface area contributed by atoms with Crippen LogP contribution in [0.25, 0.3) is 21.5 Å². The Hall–Kier alpha value is -10.5. The Kier molecular flexibility index (Phi) is 17.5. The number of azo groups is 3. The highest BCUT2D eigenvalue weighted by molar-refractivity contribution is 6.30. The molecule has 0 spiro atoms. The smallest absolute Gasteiger partial charge is 0.255 e. The summed E-state index contributed by atoms with van der Waals surface area (Å²) in [5.74, 6) is -0.851.